The van der Waals surface area contributed by atoms with E-state index in [4.69, 9.17) is 0 Å². The number of nitrogens with one attached hydrogen (secondary N) is 2. The quantitative estimate of drug-likeness (QED) is 0.747. The fourth-order valence-electron chi connectivity index (χ4n) is 2.83. The first-order valence-electron chi connectivity index (χ1n) is 7.87. The van der Waals surface area contributed by atoms with E-state index in [0.717, 1.165) is 41.8 Å². The van der Waals surface area contributed by atoms with Crippen LogP contribution in [0.1, 0.15) is 36.2 Å². The third kappa shape index (κ3) is 2.69. The summed E-state index contributed by atoms with van der Waals surface area (Å²) in [5.74, 6) is 0.894. The molecule has 0 bridgehead atoms. The molecule has 0 saturated heterocycles. The van der Waals surface area contributed by atoms with Crippen molar-refractivity contribution in [1.29, 1.82) is 0 Å². The molecule has 22 heavy (non-hydrogen) atoms. The summed E-state index contributed by atoms with van der Waals surface area (Å²) in [4.78, 5) is 4.47. The maximum atomic E-state index is 4.47. The minimum Gasteiger partial charge on any atom is -0.365 e. The summed E-state index contributed by atoms with van der Waals surface area (Å²) in [6.07, 6.45) is 3.93. The van der Waals surface area contributed by atoms with Crippen molar-refractivity contribution in [3.8, 4) is 0 Å². The van der Waals surface area contributed by atoms with Gasteiger partial charge in [-0.3, -0.25) is 5.10 Å². The van der Waals surface area contributed by atoms with Gasteiger partial charge in [0.25, 0.3) is 0 Å². The number of aromatic amines is 1. The first kappa shape index (κ1) is 14.6. The lowest BCUT2D eigenvalue weighted by Gasteiger charge is -2.12. The van der Waals surface area contributed by atoms with Crippen LogP contribution in [-0.2, 0) is 19.4 Å². The Bertz CT molecular complexity index is 789. The normalized spacial score (nSPS) is 11.0. The number of aromatic nitrogens is 3. The minimum atomic E-state index is 0.782. The molecule has 0 radical (unpaired) electrons. The highest BCUT2D eigenvalue weighted by atomic mass is 15.1. The second-order valence-electron chi connectivity index (χ2n) is 5.57. The van der Waals surface area contributed by atoms with Gasteiger partial charge in [-0.25, -0.2) is 4.98 Å². The number of benzene rings is 1. The smallest absolute Gasteiger partial charge is 0.137 e. The number of pyridine rings is 1. The molecule has 0 saturated carbocycles. The van der Waals surface area contributed by atoms with Crippen molar-refractivity contribution in [2.45, 2.75) is 40.2 Å². The van der Waals surface area contributed by atoms with E-state index >= 15 is 0 Å². The number of hydrogen-bond donors (Lipinski definition) is 2. The molecule has 3 rings (SSSR count). The van der Waals surface area contributed by atoms with E-state index in [1.807, 2.05) is 13.0 Å². The van der Waals surface area contributed by atoms with Crippen LogP contribution in [0, 0.1) is 6.92 Å². The molecule has 0 atom stereocenters. The highest BCUT2D eigenvalue weighted by molar-refractivity contribution is 5.91. The molecule has 4 nitrogen and oxygen atoms in total. The Labute approximate surface area is 131 Å². The molecule has 0 aliphatic rings. The van der Waals surface area contributed by atoms with Crippen LogP contribution in [0.25, 0.3) is 10.9 Å². The summed E-state index contributed by atoms with van der Waals surface area (Å²) in [5, 5.41) is 11.9. The van der Waals surface area contributed by atoms with Crippen molar-refractivity contribution in [2.24, 2.45) is 0 Å². The van der Waals surface area contributed by atoms with E-state index < -0.39 is 0 Å². The second-order valence-corrected chi connectivity index (χ2v) is 5.57. The lowest BCUT2D eigenvalue weighted by atomic mass is 10.0. The number of anilines is 1. The van der Waals surface area contributed by atoms with Crippen LogP contribution in [0.4, 0.5) is 5.82 Å². The predicted molar refractivity (Wildman–Crippen MR) is 91.2 cm³/mol. The Balaban J connectivity index is 1.87. The molecule has 0 aliphatic carbocycles. The summed E-state index contributed by atoms with van der Waals surface area (Å²) in [7, 11) is 0. The van der Waals surface area contributed by atoms with Crippen LogP contribution in [0.2, 0.25) is 0 Å². The van der Waals surface area contributed by atoms with Gasteiger partial charge in [-0.05, 0) is 42.5 Å². The Hall–Kier alpha value is -2.36. The number of rotatable bonds is 5. The maximum absolute atomic E-state index is 4.47. The molecule has 0 amide bonds. The van der Waals surface area contributed by atoms with Crippen LogP contribution in [0.5, 0.6) is 0 Å². The van der Waals surface area contributed by atoms with E-state index in [9.17, 15) is 0 Å². The molecule has 1 aromatic carbocycles. The zero-order valence-electron chi connectivity index (χ0n) is 13.4. The lowest BCUT2D eigenvalue weighted by Crippen LogP contribution is -2.05. The molecule has 3 aromatic rings. The summed E-state index contributed by atoms with van der Waals surface area (Å²) in [6, 6.07) is 8.69. The van der Waals surface area contributed by atoms with Gasteiger partial charge in [0.05, 0.1) is 10.9 Å². The van der Waals surface area contributed by atoms with Gasteiger partial charge in [-0.2, -0.15) is 5.10 Å². The van der Waals surface area contributed by atoms with Gasteiger partial charge in [-0.1, -0.05) is 32.0 Å². The van der Waals surface area contributed by atoms with Gasteiger partial charge in [0.2, 0.25) is 0 Å². The standard InChI is InChI=1S/C18H22N4/c1-4-13-6-7-15(14(5-2)10-13)11-20-18-17-12(3)21-22-16(17)8-9-19-18/h6-10H,4-5,11H2,1-3H3,(H,19,20)(H,21,22). The van der Waals surface area contributed by atoms with Gasteiger partial charge in [0.15, 0.2) is 0 Å². The first-order chi connectivity index (χ1) is 10.7. The average molecular weight is 294 g/mol. The van der Waals surface area contributed by atoms with Crippen molar-refractivity contribution >= 4 is 16.7 Å². The van der Waals surface area contributed by atoms with Crippen LogP contribution in [0.15, 0.2) is 30.5 Å². The fraction of sp³-hybridized carbons (Fsp3) is 0.333. The van der Waals surface area contributed by atoms with Crippen molar-refractivity contribution in [2.75, 3.05) is 5.32 Å². The van der Waals surface area contributed by atoms with E-state index in [2.05, 4.69) is 52.5 Å². The number of aryl methyl sites for hydroxylation is 3. The molecule has 4 heteroatoms. The number of H-pyrrole nitrogens is 1. The number of hydrogen-bond acceptors (Lipinski definition) is 3. The number of fused-ring (bicyclic) bond motifs is 1. The van der Waals surface area contributed by atoms with Crippen molar-refractivity contribution in [3.05, 3.63) is 52.8 Å². The predicted octanol–water partition coefficient (Wildman–Crippen LogP) is 4.00. The summed E-state index contributed by atoms with van der Waals surface area (Å²) < 4.78 is 0. The van der Waals surface area contributed by atoms with Gasteiger partial charge in [-0.15, -0.1) is 0 Å². The first-order valence-corrected chi connectivity index (χ1v) is 7.87. The zero-order valence-corrected chi connectivity index (χ0v) is 13.4. The third-order valence-corrected chi connectivity index (χ3v) is 4.15. The van der Waals surface area contributed by atoms with Crippen molar-refractivity contribution < 1.29 is 0 Å². The maximum Gasteiger partial charge on any atom is 0.137 e. The summed E-state index contributed by atoms with van der Waals surface area (Å²) >= 11 is 0. The van der Waals surface area contributed by atoms with Gasteiger partial charge < -0.3 is 5.32 Å². The highest BCUT2D eigenvalue weighted by Gasteiger charge is 2.09. The SMILES string of the molecule is CCc1ccc(CNc2nccc3n[nH]c(C)c23)c(CC)c1. The Morgan fingerprint density at radius 1 is 1.09 bits per heavy atom. The lowest BCUT2D eigenvalue weighted by molar-refractivity contribution is 1.02. The molecule has 0 spiro atoms. The third-order valence-electron chi connectivity index (χ3n) is 4.15. The van der Waals surface area contributed by atoms with Crippen molar-refractivity contribution in [3.63, 3.8) is 0 Å². The average Bonchev–Trinajstić information content (AvgIpc) is 2.94. The van der Waals surface area contributed by atoms with E-state index in [0.29, 0.717) is 0 Å². The molecule has 0 fully saturated rings. The largest absolute Gasteiger partial charge is 0.365 e. The second kappa shape index (κ2) is 6.18. The molecule has 2 N–H and O–H groups in total. The summed E-state index contributed by atoms with van der Waals surface area (Å²) in [6.45, 7) is 7.20. The topological polar surface area (TPSA) is 53.6 Å². The highest BCUT2D eigenvalue weighted by Crippen LogP contribution is 2.23. The Morgan fingerprint density at radius 3 is 2.73 bits per heavy atom. The fourth-order valence-corrected chi connectivity index (χ4v) is 2.83. The van der Waals surface area contributed by atoms with E-state index in [1.54, 1.807) is 6.20 Å². The Morgan fingerprint density at radius 2 is 1.95 bits per heavy atom. The van der Waals surface area contributed by atoms with Crippen LogP contribution < -0.4 is 5.32 Å². The minimum absolute atomic E-state index is 0.782. The van der Waals surface area contributed by atoms with Gasteiger partial charge in [0.1, 0.15) is 5.82 Å². The molecule has 2 heterocycles. The van der Waals surface area contributed by atoms with Crippen LogP contribution in [-0.4, -0.2) is 15.2 Å². The summed E-state index contributed by atoms with van der Waals surface area (Å²) in [5.41, 5.74) is 6.13. The van der Waals surface area contributed by atoms with E-state index in [-0.39, 0.29) is 0 Å². The van der Waals surface area contributed by atoms with Crippen LogP contribution in [0.3, 0.4) is 0 Å². The molecule has 2 aromatic heterocycles. The molecule has 0 unspecified atom stereocenters. The van der Waals surface area contributed by atoms with Crippen LogP contribution >= 0.6 is 0 Å². The molecular weight excluding hydrogens is 272 g/mol. The van der Waals surface area contributed by atoms with Gasteiger partial charge in [0, 0.05) is 18.4 Å². The zero-order chi connectivity index (χ0) is 15.5. The van der Waals surface area contributed by atoms with Gasteiger partial charge >= 0.3 is 0 Å². The molecule has 114 valence electrons. The monoisotopic (exact) mass is 294 g/mol. The van der Waals surface area contributed by atoms with Crippen molar-refractivity contribution in [1.82, 2.24) is 15.2 Å². The molecular formula is C18H22N4. The van der Waals surface area contributed by atoms with E-state index in [1.165, 1.54) is 16.7 Å². The number of nitrogens with zero attached hydrogens (tertiary/aromatic N) is 2. The Kier molecular flexibility index (Phi) is 4.09. The molecule has 0 aliphatic heterocycles.